The van der Waals surface area contributed by atoms with Crippen LogP contribution in [-0.4, -0.2) is 0 Å². The van der Waals surface area contributed by atoms with E-state index in [1.54, 1.807) is 0 Å². The first-order valence-corrected chi connectivity index (χ1v) is 4.27. The van der Waals surface area contributed by atoms with Gasteiger partial charge < -0.3 is 8.80 Å². The van der Waals surface area contributed by atoms with Crippen molar-refractivity contribution in [2.45, 2.75) is 13.0 Å². The van der Waals surface area contributed by atoms with Crippen molar-refractivity contribution in [3.63, 3.8) is 0 Å². The summed E-state index contributed by atoms with van der Waals surface area (Å²) >= 11 is 1.86. The molecule has 0 aliphatic carbocycles. The molecule has 0 fully saturated rings. The lowest BCUT2D eigenvalue weighted by Crippen LogP contribution is -2.05. The SMILES string of the molecule is CC(N)c1ccccc1OI. The molecule has 0 amide bonds. The Morgan fingerprint density at radius 3 is 2.55 bits per heavy atom. The van der Waals surface area contributed by atoms with E-state index >= 15 is 0 Å². The monoisotopic (exact) mass is 263 g/mol. The minimum absolute atomic E-state index is 0.0287. The molecular weight excluding hydrogens is 253 g/mol. The molecule has 0 spiro atoms. The van der Waals surface area contributed by atoms with Gasteiger partial charge in [0.05, 0.1) is 0 Å². The molecule has 0 heterocycles. The van der Waals surface area contributed by atoms with Gasteiger partial charge in [-0.25, -0.2) is 0 Å². The molecule has 0 bridgehead atoms. The molecule has 0 radical (unpaired) electrons. The number of hydrogen-bond acceptors (Lipinski definition) is 2. The van der Waals surface area contributed by atoms with Crippen molar-refractivity contribution in [1.29, 1.82) is 0 Å². The number of halogens is 1. The summed E-state index contributed by atoms with van der Waals surface area (Å²) in [5, 5.41) is 0. The first kappa shape index (κ1) is 8.80. The predicted octanol–water partition coefficient (Wildman–Crippen LogP) is 2.44. The minimum Gasteiger partial charge on any atom is -0.427 e. The van der Waals surface area contributed by atoms with Gasteiger partial charge in [-0.1, -0.05) is 18.2 Å². The van der Waals surface area contributed by atoms with Crippen LogP contribution in [0.5, 0.6) is 5.75 Å². The molecule has 0 aliphatic rings. The zero-order valence-corrected chi connectivity index (χ0v) is 8.41. The summed E-state index contributed by atoms with van der Waals surface area (Å²) in [7, 11) is 0. The van der Waals surface area contributed by atoms with E-state index in [0.29, 0.717) is 0 Å². The van der Waals surface area contributed by atoms with Gasteiger partial charge in [-0.15, -0.1) is 0 Å². The summed E-state index contributed by atoms with van der Waals surface area (Å²) in [5.74, 6) is 0.850. The van der Waals surface area contributed by atoms with Crippen LogP contribution in [0.4, 0.5) is 0 Å². The fourth-order valence-corrected chi connectivity index (χ4v) is 1.33. The highest BCUT2D eigenvalue weighted by molar-refractivity contribution is 14.1. The second kappa shape index (κ2) is 3.92. The van der Waals surface area contributed by atoms with Crippen molar-refractivity contribution < 1.29 is 3.07 Å². The summed E-state index contributed by atoms with van der Waals surface area (Å²) in [5.41, 5.74) is 6.75. The quantitative estimate of drug-likeness (QED) is 0.832. The van der Waals surface area contributed by atoms with E-state index in [2.05, 4.69) is 0 Å². The molecule has 11 heavy (non-hydrogen) atoms. The van der Waals surface area contributed by atoms with Gasteiger partial charge in [0.25, 0.3) is 0 Å². The van der Waals surface area contributed by atoms with Crippen LogP contribution in [0, 0.1) is 0 Å². The molecule has 1 aromatic carbocycles. The number of nitrogens with two attached hydrogens (primary N) is 1. The van der Waals surface area contributed by atoms with Crippen LogP contribution in [0.1, 0.15) is 18.5 Å². The molecule has 0 aliphatic heterocycles. The first-order chi connectivity index (χ1) is 5.25. The molecule has 2 N–H and O–H groups in total. The molecule has 0 saturated heterocycles. The summed E-state index contributed by atoms with van der Waals surface area (Å²) in [4.78, 5) is 0. The fourth-order valence-electron chi connectivity index (χ4n) is 0.927. The largest absolute Gasteiger partial charge is 0.427 e. The van der Waals surface area contributed by atoms with Crippen molar-refractivity contribution >= 4 is 23.0 Å². The number of rotatable bonds is 2. The van der Waals surface area contributed by atoms with Gasteiger partial charge in [-0.2, -0.15) is 0 Å². The van der Waals surface area contributed by atoms with E-state index in [9.17, 15) is 0 Å². The van der Waals surface area contributed by atoms with E-state index in [1.807, 2.05) is 54.2 Å². The third kappa shape index (κ3) is 2.07. The van der Waals surface area contributed by atoms with Crippen LogP contribution < -0.4 is 8.80 Å². The van der Waals surface area contributed by atoms with Gasteiger partial charge in [0.15, 0.2) is 23.0 Å². The molecular formula is C8H10INO. The maximum Gasteiger partial charge on any atom is 0.192 e. The minimum atomic E-state index is 0.0287. The zero-order valence-electron chi connectivity index (χ0n) is 6.25. The van der Waals surface area contributed by atoms with E-state index < -0.39 is 0 Å². The molecule has 60 valence electrons. The maximum absolute atomic E-state index is 5.71. The molecule has 1 unspecified atom stereocenters. The van der Waals surface area contributed by atoms with E-state index in [0.717, 1.165) is 11.3 Å². The Labute approximate surface area is 80.4 Å². The Hall–Kier alpha value is -0.290. The van der Waals surface area contributed by atoms with Gasteiger partial charge in [-0.3, -0.25) is 0 Å². The molecule has 0 saturated carbocycles. The third-order valence-electron chi connectivity index (χ3n) is 1.49. The van der Waals surface area contributed by atoms with Gasteiger partial charge >= 0.3 is 0 Å². The van der Waals surface area contributed by atoms with Crippen LogP contribution in [0.3, 0.4) is 0 Å². The van der Waals surface area contributed by atoms with Crippen molar-refractivity contribution in [3.8, 4) is 5.75 Å². The second-order valence-electron chi connectivity index (χ2n) is 2.40. The molecule has 1 rings (SSSR count). The maximum atomic E-state index is 5.71. The summed E-state index contributed by atoms with van der Waals surface area (Å²) in [6, 6.07) is 7.79. The van der Waals surface area contributed by atoms with Crippen molar-refractivity contribution in [1.82, 2.24) is 0 Å². The molecule has 1 aromatic rings. The third-order valence-corrected chi connectivity index (χ3v) is 1.97. The first-order valence-electron chi connectivity index (χ1n) is 3.39. The lowest BCUT2D eigenvalue weighted by atomic mass is 10.1. The lowest BCUT2D eigenvalue weighted by molar-refractivity contribution is 0.677. The van der Waals surface area contributed by atoms with Crippen LogP contribution in [0.15, 0.2) is 24.3 Å². The molecule has 3 heteroatoms. The van der Waals surface area contributed by atoms with Gasteiger partial charge in [0.2, 0.25) is 0 Å². The fraction of sp³-hybridized carbons (Fsp3) is 0.250. The van der Waals surface area contributed by atoms with Crippen LogP contribution in [0.25, 0.3) is 0 Å². The van der Waals surface area contributed by atoms with E-state index in [4.69, 9.17) is 8.80 Å². The number of benzene rings is 1. The summed E-state index contributed by atoms with van der Waals surface area (Å²) in [6.45, 7) is 1.94. The average Bonchev–Trinajstić information content (AvgIpc) is 2.04. The van der Waals surface area contributed by atoms with Gasteiger partial charge in [0.1, 0.15) is 5.75 Å². The summed E-state index contributed by atoms with van der Waals surface area (Å²) < 4.78 is 5.10. The zero-order chi connectivity index (χ0) is 8.27. The summed E-state index contributed by atoms with van der Waals surface area (Å²) in [6.07, 6.45) is 0. The predicted molar refractivity (Wildman–Crippen MR) is 53.7 cm³/mol. The molecule has 2 nitrogen and oxygen atoms in total. The highest BCUT2D eigenvalue weighted by Crippen LogP contribution is 2.24. The average molecular weight is 263 g/mol. The lowest BCUT2D eigenvalue weighted by Gasteiger charge is -2.08. The highest BCUT2D eigenvalue weighted by Gasteiger charge is 2.05. The van der Waals surface area contributed by atoms with Crippen molar-refractivity contribution in [2.24, 2.45) is 5.73 Å². The smallest absolute Gasteiger partial charge is 0.192 e. The van der Waals surface area contributed by atoms with Gasteiger partial charge in [0, 0.05) is 11.6 Å². The van der Waals surface area contributed by atoms with E-state index in [-0.39, 0.29) is 6.04 Å². The number of para-hydroxylation sites is 1. The normalized spacial score (nSPS) is 12.6. The highest BCUT2D eigenvalue weighted by atomic mass is 127. The molecule has 0 aromatic heterocycles. The van der Waals surface area contributed by atoms with Crippen LogP contribution in [-0.2, 0) is 0 Å². The Balaban J connectivity index is 3.02. The van der Waals surface area contributed by atoms with Crippen LogP contribution >= 0.6 is 23.0 Å². The van der Waals surface area contributed by atoms with Crippen molar-refractivity contribution in [3.05, 3.63) is 29.8 Å². The van der Waals surface area contributed by atoms with E-state index in [1.165, 1.54) is 0 Å². The number of hydrogen-bond donors (Lipinski definition) is 1. The molecule has 1 atom stereocenters. The standard InChI is InChI=1S/C8H10INO/c1-6(10)7-4-2-3-5-8(7)11-9/h2-6H,10H2,1H3. The Bertz CT molecular complexity index is 237. The van der Waals surface area contributed by atoms with Crippen molar-refractivity contribution in [2.75, 3.05) is 0 Å². The van der Waals surface area contributed by atoms with Gasteiger partial charge in [-0.05, 0) is 13.0 Å². The Morgan fingerprint density at radius 2 is 2.09 bits per heavy atom. The van der Waals surface area contributed by atoms with Crippen LogP contribution in [0.2, 0.25) is 0 Å². The Kier molecular flexibility index (Phi) is 3.14. The Morgan fingerprint density at radius 1 is 1.45 bits per heavy atom. The topological polar surface area (TPSA) is 35.2 Å². The second-order valence-corrected chi connectivity index (χ2v) is 2.84.